The molecule has 0 fully saturated rings. The van der Waals surface area contributed by atoms with Gasteiger partial charge in [-0.2, -0.15) is 0 Å². The Morgan fingerprint density at radius 2 is 1.62 bits per heavy atom. The average molecular weight is 433 g/mol. The molecule has 32 heavy (non-hydrogen) atoms. The zero-order valence-corrected chi connectivity index (χ0v) is 18.0. The van der Waals surface area contributed by atoms with Gasteiger partial charge in [0.25, 0.3) is 5.91 Å². The van der Waals surface area contributed by atoms with Crippen molar-refractivity contribution in [2.75, 3.05) is 21.3 Å². The molecular formula is C24H23N3O5. The number of hydrogen-bond donors (Lipinski definition) is 1. The number of hydrazine groups is 1. The van der Waals surface area contributed by atoms with Crippen LogP contribution in [0.15, 0.2) is 60.9 Å². The molecule has 2 aromatic carbocycles. The lowest BCUT2D eigenvalue weighted by Gasteiger charge is -2.37. The van der Waals surface area contributed by atoms with Crippen LogP contribution in [-0.4, -0.2) is 43.1 Å². The molecule has 1 N–H and O–H groups in total. The van der Waals surface area contributed by atoms with E-state index >= 15 is 0 Å². The molecule has 1 aliphatic heterocycles. The molecule has 2 amide bonds. The maximum Gasteiger partial charge on any atom is 0.270 e. The molecule has 3 aromatic rings. The van der Waals surface area contributed by atoms with Crippen LogP contribution >= 0.6 is 0 Å². The summed E-state index contributed by atoms with van der Waals surface area (Å²) in [6.45, 7) is 0. The summed E-state index contributed by atoms with van der Waals surface area (Å²) in [6, 6.07) is 13.6. The Labute approximate surface area is 185 Å². The Bertz CT molecular complexity index is 1130. The molecule has 2 heterocycles. The molecule has 1 aliphatic rings. The fourth-order valence-electron chi connectivity index (χ4n) is 3.79. The van der Waals surface area contributed by atoms with Gasteiger partial charge in [0.05, 0.1) is 27.8 Å². The van der Waals surface area contributed by atoms with Gasteiger partial charge >= 0.3 is 0 Å². The van der Waals surface area contributed by atoms with Crippen LogP contribution in [0.25, 0.3) is 0 Å². The first-order valence-electron chi connectivity index (χ1n) is 9.97. The van der Waals surface area contributed by atoms with E-state index < -0.39 is 11.9 Å². The molecule has 0 saturated carbocycles. The lowest BCUT2D eigenvalue weighted by molar-refractivity contribution is -0.136. The van der Waals surface area contributed by atoms with Crippen LogP contribution in [0, 0.1) is 0 Å². The molecule has 4 rings (SSSR count). The SMILES string of the molecule is COc1ccc([C@H]2c3cc(OC)c(OC)cc3CC(=O)N2NC(=O)c2ccncc2)cc1. The summed E-state index contributed by atoms with van der Waals surface area (Å²) in [5.41, 5.74) is 5.64. The van der Waals surface area contributed by atoms with E-state index in [1.165, 1.54) is 17.4 Å². The van der Waals surface area contributed by atoms with Crippen LogP contribution in [0.3, 0.4) is 0 Å². The number of methoxy groups -OCH3 is 3. The van der Waals surface area contributed by atoms with Gasteiger partial charge in [0, 0.05) is 18.0 Å². The summed E-state index contributed by atoms with van der Waals surface area (Å²) in [7, 11) is 4.70. The average Bonchev–Trinajstić information content (AvgIpc) is 2.84. The molecule has 0 unspecified atom stereocenters. The van der Waals surface area contributed by atoms with Gasteiger partial charge in [-0.3, -0.25) is 20.0 Å². The Morgan fingerprint density at radius 3 is 2.25 bits per heavy atom. The van der Waals surface area contributed by atoms with E-state index in [1.54, 1.807) is 33.5 Å². The summed E-state index contributed by atoms with van der Waals surface area (Å²) < 4.78 is 16.2. The van der Waals surface area contributed by atoms with Crippen molar-refractivity contribution in [1.29, 1.82) is 0 Å². The number of ether oxygens (including phenoxy) is 3. The second-order valence-corrected chi connectivity index (χ2v) is 7.20. The third-order valence-electron chi connectivity index (χ3n) is 5.40. The summed E-state index contributed by atoms with van der Waals surface area (Å²) in [4.78, 5) is 30.0. The number of pyridine rings is 1. The number of nitrogens with zero attached hydrogens (tertiary/aromatic N) is 2. The van der Waals surface area contributed by atoms with Crippen molar-refractivity contribution in [3.63, 3.8) is 0 Å². The summed E-state index contributed by atoms with van der Waals surface area (Å²) in [5.74, 6) is 1.13. The third kappa shape index (κ3) is 3.94. The molecule has 8 nitrogen and oxygen atoms in total. The second-order valence-electron chi connectivity index (χ2n) is 7.20. The molecule has 8 heteroatoms. The molecule has 0 bridgehead atoms. The van der Waals surface area contributed by atoms with E-state index in [0.717, 1.165) is 16.7 Å². The number of nitrogens with one attached hydrogen (secondary N) is 1. The van der Waals surface area contributed by atoms with Gasteiger partial charge in [-0.25, -0.2) is 5.01 Å². The van der Waals surface area contributed by atoms with Gasteiger partial charge in [-0.05, 0) is 53.1 Å². The highest BCUT2D eigenvalue weighted by Gasteiger charge is 2.36. The lowest BCUT2D eigenvalue weighted by atomic mass is 9.88. The van der Waals surface area contributed by atoms with Crippen LogP contribution in [0.2, 0.25) is 0 Å². The highest BCUT2D eigenvalue weighted by Crippen LogP contribution is 2.41. The maximum atomic E-state index is 13.2. The molecular weight excluding hydrogens is 410 g/mol. The van der Waals surface area contributed by atoms with E-state index in [4.69, 9.17) is 14.2 Å². The van der Waals surface area contributed by atoms with Gasteiger partial charge < -0.3 is 14.2 Å². The van der Waals surface area contributed by atoms with E-state index in [-0.39, 0.29) is 12.3 Å². The van der Waals surface area contributed by atoms with Crippen molar-refractivity contribution in [2.24, 2.45) is 0 Å². The minimum Gasteiger partial charge on any atom is -0.497 e. The van der Waals surface area contributed by atoms with Crippen molar-refractivity contribution in [1.82, 2.24) is 15.4 Å². The monoisotopic (exact) mass is 433 g/mol. The fourth-order valence-corrected chi connectivity index (χ4v) is 3.79. The van der Waals surface area contributed by atoms with Gasteiger partial charge in [0.2, 0.25) is 5.91 Å². The number of hydrogen-bond acceptors (Lipinski definition) is 6. The standard InChI is InChI=1S/C24H23N3O5/c1-30-18-6-4-15(5-7-18)23-19-14-21(32-3)20(31-2)12-17(19)13-22(28)27(23)26-24(29)16-8-10-25-11-9-16/h4-12,14,23H,13H2,1-3H3,(H,26,29)/t23-/m0/s1. The zero-order valence-electron chi connectivity index (χ0n) is 18.0. The lowest BCUT2D eigenvalue weighted by Crippen LogP contribution is -2.51. The third-order valence-corrected chi connectivity index (χ3v) is 5.40. The largest absolute Gasteiger partial charge is 0.497 e. The van der Waals surface area contributed by atoms with Gasteiger partial charge in [-0.15, -0.1) is 0 Å². The minimum atomic E-state index is -0.567. The summed E-state index contributed by atoms with van der Waals surface area (Å²) in [6.07, 6.45) is 3.17. The first-order chi connectivity index (χ1) is 15.5. The Morgan fingerprint density at radius 1 is 0.969 bits per heavy atom. The quantitative estimate of drug-likeness (QED) is 0.643. The first-order valence-corrected chi connectivity index (χ1v) is 9.97. The Hall–Kier alpha value is -4.07. The number of aromatic nitrogens is 1. The van der Waals surface area contributed by atoms with Crippen molar-refractivity contribution >= 4 is 11.8 Å². The van der Waals surface area contributed by atoms with Crippen molar-refractivity contribution in [3.05, 3.63) is 83.2 Å². The van der Waals surface area contributed by atoms with E-state index in [9.17, 15) is 9.59 Å². The highest BCUT2D eigenvalue weighted by atomic mass is 16.5. The molecule has 0 saturated heterocycles. The predicted molar refractivity (Wildman–Crippen MR) is 117 cm³/mol. The number of carbonyl (C=O) groups excluding carboxylic acids is 2. The Balaban J connectivity index is 1.81. The molecule has 0 spiro atoms. The smallest absolute Gasteiger partial charge is 0.270 e. The van der Waals surface area contributed by atoms with Gasteiger partial charge in [0.1, 0.15) is 11.8 Å². The molecule has 1 atom stereocenters. The van der Waals surface area contributed by atoms with Crippen molar-refractivity contribution < 1.29 is 23.8 Å². The molecule has 0 aliphatic carbocycles. The van der Waals surface area contributed by atoms with Crippen molar-refractivity contribution in [3.8, 4) is 17.2 Å². The van der Waals surface area contributed by atoms with Gasteiger partial charge in [-0.1, -0.05) is 12.1 Å². The van der Waals surface area contributed by atoms with E-state index in [0.29, 0.717) is 22.8 Å². The topological polar surface area (TPSA) is 90.0 Å². The highest BCUT2D eigenvalue weighted by molar-refractivity contribution is 5.96. The van der Waals surface area contributed by atoms with Crippen molar-refractivity contribution in [2.45, 2.75) is 12.5 Å². The zero-order chi connectivity index (χ0) is 22.7. The van der Waals surface area contributed by atoms with E-state index in [1.807, 2.05) is 36.4 Å². The maximum absolute atomic E-state index is 13.2. The van der Waals surface area contributed by atoms with Crippen LogP contribution < -0.4 is 19.6 Å². The second kappa shape index (κ2) is 8.97. The fraction of sp³-hybridized carbons (Fsp3) is 0.208. The normalized spacial score (nSPS) is 15.0. The summed E-state index contributed by atoms with van der Waals surface area (Å²) in [5, 5.41) is 1.37. The molecule has 1 aromatic heterocycles. The van der Waals surface area contributed by atoms with Crippen LogP contribution in [0.5, 0.6) is 17.2 Å². The van der Waals surface area contributed by atoms with Crippen LogP contribution in [-0.2, 0) is 11.2 Å². The number of amides is 2. The number of rotatable bonds is 6. The first kappa shape index (κ1) is 21.2. The Kier molecular flexibility index (Phi) is 5.93. The molecule has 164 valence electrons. The number of benzene rings is 2. The molecule has 0 radical (unpaired) electrons. The number of fused-ring (bicyclic) bond motifs is 1. The van der Waals surface area contributed by atoms with Crippen LogP contribution in [0.4, 0.5) is 0 Å². The minimum absolute atomic E-state index is 0.110. The van der Waals surface area contributed by atoms with Crippen LogP contribution in [0.1, 0.15) is 33.1 Å². The van der Waals surface area contributed by atoms with E-state index in [2.05, 4.69) is 10.4 Å². The predicted octanol–water partition coefficient (Wildman–Crippen LogP) is 2.93. The number of carbonyl (C=O) groups is 2. The summed E-state index contributed by atoms with van der Waals surface area (Å²) >= 11 is 0. The van der Waals surface area contributed by atoms with Gasteiger partial charge in [0.15, 0.2) is 11.5 Å².